The van der Waals surface area contributed by atoms with E-state index in [2.05, 4.69) is 0 Å². The quantitative estimate of drug-likeness (QED) is 0.654. The second-order valence-electron chi connectivity index (χ2n) is 6.59. The van der Waals surface area contributed by atoms with E-state index >= 15 is 0 Å². The van der Waals surface area contributed by atoms with E-state index in [0.29, 0.717) is 19.0 Å². The van der Waals surface area contributed by atoms with Gasteiger partial charge in [-0.3, -0.25) is 4.79 Å². The molecule has 0 aromatic carbocycles. The molecule has 0 saturated heterocycles. The number of ether oxygens (including phenoxy) is 1. The van der Waals surface area contributed by atoms with Gasteiger partial charge in [0.05, 0.1) is 12.2 Å². The third-order valence-electron chi connectivity index (χ3n) is 4.31. The van der Waals surface area contributed by atoms with Crippen LogP contribution in [0.3, 0.4) is 0 Å². The molecule has 0 aliphatic carbocycles. The summed E-state index contributed by atoms with van der Waals surface area (Å²) < 4.78 is 46.1. The van der Waals surface area contributed by atoms with Gasteiger partial charge in [-0.25, -0.2) is 4.79 Å². The molecule has 148 valence electrons. The number of nitrogens with zero attached hydrogens (tertiary/aromatic N) is 2. The maximum absolute atomic E-state index is 13.3. The first-order valence-electron chi connectivity index (χ1n) is 8.66. The normalized spacial score (nSPS) is 14.3. The molecule has 1 heterocycles. The summed E-state index contributed by atoms with van der Waals surface area (Å²) in [5.74, 6) is -0.868. The van der Waals surface area contributed by atoms with Crippen molar-refractivity contribution in [2.75, 3.05) is 27.2 Å². The molecule has 8 heteroatoms. The number of likely N-dealkylation sites (N-methyl/N-ethyl adjacent to an activating group) is 1. The van der Waals surface area contributed by atoms with Crippen LogP contribution in [0.5, 0.6) is 0 Å². The van der Waals surface area contributed by atoms with Crippen LogP contribution in [0.15, 0.2) is 17.1 Å². The van der Waals surface area contributed by atoms with Crippen molar-refractivity contribution < 1.29 is 22.7 Å². The highest BCUT2D eigenvalue weighted by Gasteiger charge is 2.36. The van der Waals surface area contributed by atoms with E-state index < -0.39 is 29.3 Å². The van der Waals surface area contributed by atoms with Gasteiger partial charge in [-0.1, -0.05) is 20.3 Å². The minimum absolute atomic E-state index is 0.0107. The molecule has 0 bridgehead atoms. The van der Waals surface area contributed by atoms with Crippen LogP contribution in [-0.2, 0) is 22.1 Å². The molecule has 1 aromatic rings. The van der Waals surface area contributed by atoms with Crippen LogP contribution >= 0.6 is 0 Å². The highest BCUT2D eigenvalue weighted by atomic mass is 19.4. The van der Waals surface area contributed by atoms with Gasteiger partial charge in [0.1, 0.15) is 6.04 Å². The van der Waals surface area contributed by atoms with Crippen molar-refractivity contribution in [1.29, 1.82) is 0 Å². The van der Waals surface area contributed by atoms with Gasteiger partial charge in [0.2, 0.25) is 0 Å². The molecule has 1 rings (SSSR count). The summed E-state index contributed by atoms with van der Waals surface area (Å²) in [5.41, 5.74) is -1.82. The van der Waals surface area contributed by atoms with Gasteiger partial charge >= 0.3 is 12.1 Å². The molecule has 0 radical (unpaired) electrons. The van der Waals surface area contributed by atoms with Crippen LogP contribution in [0.2, 0.25) is 0 Å². The summed E-state index contributed by atoms with van der Waals surface area (Å²) in [6.45, 7) is 5.77. The first-order chi connectivity index (χ1) is 12.0. The van der Waals surface area contributed by atoms with Gasteiger partial charge in [-0.15, -0.1) is 0 Å². The molecule has 1 aromatic heterocycles. The SMILES string of the molecule is CCOC(=O)C(C(C)CC)n1cc(CCN(C)C)c(C(F)(F)F)cc1=O. The molecule has 2 atom stereocenters. The average Bonchev–Trinajstić information content (AvgIpc) is 2.53. The maximum Gasteiger partial charge on any atom is 0.416 e. The fourth-order valence-corrected chi connectivity index (χ4v) is 2.69. The van der Waals surface area contributed by atoms with E-state index in [4.69, 9.17) is 4.74 Å². The Morgan fingerprint density at radius 2 is 1.92 bits per heavy atom. The largest absolute Gasteiger partial charge is 0.464 e. The fraction of sp³-hybridized carbons (Fsp3) is 0.667. The molecular formula is C18H27F3N2O3. The third kappa shape index (κ3) is 5.59. The number of alkyl halides is 3. The minimum atomic E-state index is -4.63. The lowest BCUT2D eigenvalue weighted by atomic mass is 9.97. The second-order valence-corrected chi connectivity index (χ2v) is 6.59. The van der Waals surface area contributed by atoms with Gasteiger partial charge in [0, 0.05) is 18.8 Å². The lowest BCUT2D eigenvalue weighted by Crippen LogP contribution is -2.36. The van der Waals surface area contributed by atoms with Crippen molar-refractivity contribution in [2.24, 2.45) is 5.92 Å². The van der Waals surface area contributed by atoms with E-state index in [1.807, 2.05) is 6.92 Å². The Kier molecular flexibility index (Phi) is 7.87. The number of esters is 1. The van der Waals surface area contributed by atoms with E-state index in [9.17, 15) is 22.8 Å². The molecule has 0 amide bonds. The lowest BCUT2D eigenvalue weighted by molar-refractivity contribution is -0.149. The highest BCUT2D eigenvalue weighted by molar-refractivity contribution is 5.74. The molecule has 0 N–H and O–H groups in total. The van der Waals surface area contributed by atoms with E-state index in [0.717, 1.165) is 4.57 Å². The Bertz CT molecular complexity index is 669. The van der Waals surface area contributed by atoms with Gasteiger partial charge in [-0.2, -0.15) is 13.2 Å². The highest BCUT2D eigenvalue weighted by Crippen LogP contribution is 2.32. The average molecular weight is 376 g/mol. The number of carbonyl (C=O) groups excluding carboxylic acids is 1. The summed E-state index contributed by atoms with van der Waals surface area (Å²) in [4.78, 5) is 26.5. The number of hydrogen-bond donors (Lipinski definition) is 0. The van der Waals surface area contributed by atoms with Crippen molar-refractivity contribution >= 4 is 5.97 Å². The van der Waals surface area contributed by atoms with Gasteiger partial charge in [-0.05, 0) is 38.9 Å². The van der Waals surface area contributed by atoms with Gasteiger partial charge in [0.25, 0.3) is 5.56 Å². The molecule has 26 heavy (non-hydrogen) atoms. The first-order valence-corrected chi connectivity index (χ1v) is 8.66. The maximum atomic E-state index is 13.3. The van der Waals surface area contributed by atoms with Crippen LogP contribution in [0.25, 0.3) is 0 Å². The van der Waals surface area contributed by atoms with Gasteiger partial charge in [0.15, 0.2) is 0 Å². The predicted octanol–water partition coefficient (Wildman–Crippen LogP) is 3.12. The number of aromatic nitrogens is 1. The smallest absolute Gasteiger partial charge is 0.416 e. The Balaban J connectivity index is 3.51. The van der Waals surface area contributed by atoms with E-state index in [1.165, 1.54) is 6.20 Å². The molecule has 0 aliphatic rings. The zero-order valence-corrected chi connectivity index (χ0v) is 15.9. The Labute approximate surface area is 151 Å². The molecule has 0 saturated carbocycles. The van der Waals surface area contributed by atoms with Crippen LogP contribution in [-0.4, -0.2) is 42.7 Å². The van der Waals surface area contributed by atoms with Crippen molar-refractivity contribution in [2.45, 2.75) is 45.8 Å². The van der Waals surface area contributed by atoms with E-state index in [1.54, 1.807) is 32.8 Å². The number of pyridine rings is 1. The fourth-order valence-electron chi connectivity index (χ4n) is 2.69. The number of rotatable bonds is 8. The second kappa shape index (κ2) is 9.21. The van der Waals surface area contributed by atoms with Crippen molar-refractivity contribution in [3.8, 4) is 0 Å². The molecular weight excluding hydrogens is 349 g/mol. The minimum Gasteiger partial charge on any atom is -0.464 e. The zero-order valence-electron chi connectivity index (χ0n) is 15.9. The molecule has 5 nitrogen and oxygen atoms in total. The third-order valence-corrected chi connectivity index (χ3v) is 4.31. The van der Waals surface area contributed by atoms with Crippen molar-refractivity contribution in [3.05, 3.63) is 33.7 Å². The standard InChI is InChI=1S/C18H27F3N2O3/c1-6-12(3)16(17(25)26-7-2)23-11-13(8-9-22(4)5)14(10-15(23)24)18(19,20)21/h10-12,16H,6-9H2,1-5H3. The van der Waals surface area contributed by atoms with E-state index in [-0.39, 0.29) is 24.5 Å². The van der Waals surface area contributed by atoms with Crippen molar-refractivity contribution in [3.63, 3.8) is 0 Å². The monoisotopic (exact) mass is 376 g/mol. The molecule has 0 aliphatic heterocycles. The lowest BCUT2D eigenvalue weighted by Gasteiger charge is -2.25. The Morgan fingerprint density at radius 3 is 2.38 bits per heavy atom. The summed E-state index contributed by atoms with van der Waals surface area (Å²) >= 11 is 0. The Hall–Kier alpha value is -1.83. The number of halogens is 3. The van der Waals surface area contributed by atoms with Gasteiger partial charge < -0.3 is 14.2 Å². The summed E-state index contributed by atoms with van der Waals surface area (Å²) in [6, 6.07) is -0.368. The first kappa shape index (κ1) is 22.2. The van der Waals surface area contributed by atoms with Crippen LogP contribution in [0.1, 0.15) is 44.4 Å². The summed E-state index contributed by atoms with van der Waals surface area (Å²) in [5, 5.41) is 0. The van der Waals surface area contributed by atoms with Crippen LogP contribution in [0.4, 0.5) is 13.2 Å². The predicted molar refractivity (Wildman–Crippen MR) is 93.1 cm³/mol. The molecule has 0 spiro atoms. The number of carbonyl (C=O) groups is 1. The Morgan fingerprint density at radius 1 is 1.31 bits per heavy atom. The number of hydrogen-bond acceptors (Lipinski definition) is 4. The topological polar surface area (TPSA) is 51.5 Å². The molecule has 0 fully saturated rings. The van der Waals surface area contributed by atoms with Crippen LogP contribution < -0.4 is 5.56 Å². The summed E-state index contributed by atoms with van der Waals surface area (Å²) in [6.07, 6.45) is -2.78. The molecule has 2 unspecified atom stereocenters. The van der Waals surface area contributed by atoms with Crippen molar-refractivity contribution in [1.82, 2.24) is 9.47 Å². The van der Waals surface area contributed by atoms with Crippen LogP contribution in [0, 0.1) is 5.92 Å². The summed E-state index contributed by atoms with van der Waals surface area (Å²) in [7, 11) is 3.51. The zero-order chi connectivity index (χ0) is 20.1.